The minimum absolute atomic E-state index is 0.407. The van der Waals surface area contributed by atoms with E-state index in [0.29, 0.717) is 19.2 Å². The molecular weight excluding hydrogens is 262 g/mol. The molecule has 2 aromatic rings. The molecule has 1 heterocycles. The largest absolute Gasteiger partial charge is 0.383 e. The molecule has 2 N–H and O–H groups in total. The summed E-state index contributed by atoms with van der Waals surface area (Å²) in [7, 11) is 1.73. The molecule has 1 aromatic heterocycles. The maximum Gasteiger partial charge on any atom is 0.137 e. The van der Waals surface area contributed by atoms with Crippen LogP contribution in [-0.4, -0.2) is 31.3 Å². The van der Waals surface area contributed by atoms with Crippen molar-refractivity contribution in [3.8, 4) is 0 Å². The number of nitrogens with two attached hydrogens (primary N) is 1. The van der Waals surface area contributed by atoms with Crippen molar-refractivity contribution >= 4 is 16.6 Å². The van der Waals surface area contributed by atoms with Crippen LogP contribution >= 0.6 is 0 Å². The third-order valence-electron chi connectivity index (χ3n) is 3.91. The van der Waals surface area contributed by atoms with E-state index in [1.807, 2.05) is 0 Å². The molecule has 21 heavy (non-hydrogen) atoms. The van der Waals surface area contributed by atoms with Gasteiger partial charge >= 0.3 is 0 Å². The van der Waals surface area contributed by atoms with Gasteiger partial charge in [0.25, 0.3) is 0 Å². The van der Waals surface area contributed by atoms with E-state index in [1.54, 1.807) is 7.11 Å². The summed E-state index contributed by atoms with van der Waals surface area (Å²) >= 11 is 0. The van der Waals surface area contributed by atoms with Gasteiger partial charge in [-0.1, -0.05) is 31.2 Å². The zero-order valence-electron chi connectivity index (χ0n) is 13.2. The predicted molar refractivity (Wildman–Crippen MR) is 88.6 cm³/mol. The topological polar surface area (TPSA) is 51.4 Å². The lowest BCUT2D eigenvalue weighted by Gasteiger charge is -2.31. The van der Waals surface area contributed by atoms with Crippen LogP contribution in [0.4, 0.5) is 5.82 Å². The second-order valence-electron chi connectivity index (χ2n) is 5.31. The number of rotatable bonds is 7. The number of methoxy groups -OCH3 is 1. The molecule has 0 saturated heterocycles. The third kappa shape index (κ3) is 3.52. The van der Waals surface area contributed by atoms with Crippen LogP contribution in [0.2, 0.25) is 0 Å². The Kier molecular flexibility index (Phi) is 5.53. The Balaban J connectivity index is 2.53. The summed E-state index contributed by atoms with van der Waals surface area (Å²) in [4.78, 5) is 7.11. The number of nitrogens with zero attached hydrogens (tertiary/aromatic N) is 2. The maximum atomic E-state index is 5.81. The number of hydrogen-bond donors (Lipinski definition) is 1. The summed E-state index contributed by atoms with van der Waals surface area (Å²) in [5, 5.41) is 2.36. The van der Waals surface area contributed by atoms with E-state index in [9.17, 15) is 0 Å². The second kappa shape index (κ2) is 7.38. The number of ether oxygens (including phenoxy) is 1. The molecule has 4 heteroatoms. The van der Waals surface area contributed by atoms with E-state index in [2.05, 4.69) is 49.1 Å². The summed E-state index contributed by atoms with van der Waals surface area (Å²) in [5.41, 5.74) is 6.74. The van der Waals surface area contributed by atoms with E-state index >= 15 is 0 Å². The summed E-state index contributed by atoms with van der Waals surface area (Å²) in [5.74, 6) is 1.01. The van der Waals surface area contributed by atoms with Gasteiger partial charge in [0.2, 0.25) is 0 Å². The number of benzene rings is 1. The fraction of sp³-hybridized carbons (Fsp3) is 0.471. The number of aromatic nitrogens is 1. The van der Waals surface area contributed by atoms with Gasteiger partial charge in [-0.3, -0.25) is 0 Å². The standard InChI is InChI=1S/C17H25N3O/c1-4-13(2)20(9-10-21-3)17-16-8-6-5-7-14(16)11-15(12-18)19-17/h5-8,11,13H,4,9-10,12,18H2,1-3H3. The molecule has 0 bridgehead atoms. The lowest BCUT2D eigenvalue weighted by molar-refractivity contribution is 0.203. The molecule has 0 aliphatic carbocycles. The maximum absolute atomic E-state index is 5.81. The normalized spacial score (nSPS) is 12.6. The van der Waals surface area contributed by atoms with Gasteiger partial charge in [0.05, 0.1) is 12.3 Å². The van der Waals surface area contributed by atoms with Crippen LogP contribution in [0.5, 0.6) is 0 Å². The lowest BCUT2D eigenvalue weighted by atomic mass is 10.1. The van der Waals surface area contributed by atoms with Crippen LogP contribution in [0.1, 0.15) is 26.0 Å². The van der Waals surface area contributed by atoms with Gasteiger partial charge in [-0.2, -0.15) is 0 Å². The highest BCUT2D eigenvalue weighted by Crippen LogP contribution is 2.27. The first kappa shape index (κ1) is 15.7. The van der Waals surface area contributed by atoms with Crippen molar-refractivity contribution in [2.45, 2.75) is 32.9 Å². The minimum Gasteiger partial charge on any atom is -0.383 e. The molecule has 0 radical (unpaired) electrons. The molecule has 2 rings (SSSR count). The van der Waals surface area contributed by atoms with Crippen molar-refractivity contribution in [1.29, 1.82) is 0 Å². The van der Waals surface area contributed by atoms with Crippen LogP contribution in [0.25, 0.3) is 10.8 Å². The molecule has 0 fully saturated rings. The number of hydrogen-bond acceptors (Lipinski definition) is 4. The van der Waals surface area contributed by atoms with Gasteiger partial charge in [-0.15, -0.1) is 0 Å². The van der Waals surface area contributed by atoms with Crippen molar-refractivity contribution in [3.05, 3.63) is 36.0 Å². The molecule has 1 aromatic carbocycles. The average Bonchev–Trinajstić information content (AvgIpc) is 2.54. The smallest absolute Gasteiger partial charge is 0.137 e. The minimum atomic E-state index is 0.407. The first-order valence-corrected chi connectivity index (χ1v) is 7.55. The molecule has 114 valence electrons. The van der Waals surface area contributed by atoms with Crippen molar-refractivity contribution in [1.82, 2.24) is 4.98 Å². The first-order chi connectivity index (χ1) is 10.2. The molecule has 1 atom stereocenters. The highest BCUT2D eigenvalue weighted by Gasteiger charge is 2.17. The first-order valence-electron chi connectivity index (χ1n) is 7.55. The number of anilines is 1. The number of fused-ring (bicyclic) bond motifs is 1. The Morgan fingerprint density at radius 1 is 1.33 bits per heavy atom. The zero-order chi connectivity index (χ0) is 15.2. The van der Waals surface area contributed by atoms with Gasteiger partial charge in [0, 0.05) is 31.6 Å². The highest BCUT2D eigenvalue weighted by atomic mass is 16.5. The zero-order valence-corrected chi connectivity index (χ0v) is 13.2. The SMILES string of the molecule is CCC(C)N(CCOC)c1nc(CN)cc2ccccc12. The van der Waals surface area contributed by atoms with Crippen molar-refractivity contribution in [3.63, 3.8) is 0 Å². The molecule has 0 amide bonds. The predicted octanol–water partition coefficient (Wildman–Crippen LogP) is 2.94. The molecule has 4 nitrogen and oxygen atoms in total. The van der Waals surface area contributed by atoms with Crippen LogP contribution < -0.4 is 10.6 Å². The van der Waals surface area contributed by atoms with Crippen LogP contribution in [0.15, 0.2) is 30.3 Å². The Morgan fingerprint density at radius 3 is 2.76 bits per heavy atom. The Morgan fingerprint density at radius 2 is 2.10 bits per heavy atom. The second-order valence-corrected chi connectivity index (χ2v) is 5.31. The molecule has 0 spiro atoms. The molecular formula is C17H25N3O. The van der Waals surface area contributed by atoms with Crippen molar-refractivity contribution in [2.75, 3.05) is 25.2 Å². The van der Waals surface area contributed by atoms with E-state index in [1.165, 1.54) is 10.8 Å². The van der Waals surface area contributed by atoms with Crippen LogP contribution in [-0.2, 0) is 11.3 Å². The molecule has 1 unspecified atom stereocenters. The van der Waals surface area contributed by atoms with E-state index in [4.69, 9.17) is 15.5 Å². The quantitative estimate of drug-likeness (QED) is 0.850. The molecule has 0 aliphatic heterocycles. The fourth-order valence-electron chi connectivity index (χ4n) is 2.50. The monoisotopic (exact) mass is 287 g/mol. The summed E-state index contributed by atoms with van der Waals surface area (Å²) < 4.78 is 5.26. The summed E-state index contributed by atoms with van der Waals surface area (Å²) in [6, 6.07) is 10.8. The summed E-state index contributed by atoms with van der Waals surface area (Å²) in [6.45, 7) is 6.39. The average molecular weight is 287 g/mol. The van der Waals surface area contributed by atoms with Gasteiger partial charge < -0.3 is 15.4 Å². The van der Waals surface area contributed by atoms with Gasteiger partial charge in [0.15, 0.2) is 0 Å². The van der Waals surface area contributed by atoms with Crippen LogP contribution in [0.3, 0.4) is 0 Å². The Bertz CT molecular complexity index is 585. The Hall–Kier alpha value is -1.65. The van der Waals surface area contributed by atoms with E-state index < -0.39 is 0 Å². The van der Waals surface area contributed by atoms with Crippen molar-refractivity contribution < 1.29 is 4.74 Å². The van der Waals surface area contributed by atoms with Crippen molar-refractivity contribution in [2.24, 2.45) is 5.73 Å². The summed E-state index contributed by atoms with van der Waals surface area (Å²) in [6.07, 6.45) is 1.06. The van der Waals surface area contributed by atoms with Crippen LogP contribution in [0, 0.1) is 0 Å². The molecule has 0 saturated carbocycles. The number of pyridine rings is 1. The highest BCUT2D eigenvalue weighted by molar-refractivity contribution is 5.92. The van der Waals surface area contributed by atoms with Gasteiger partial charge in [0.1, 0.15) is 5.82 Å². The van der Waals surface area contributed by atoms with Gasteiger partial charge in [-0.05, 0) is 24.8 Å². The fourth-order valence-corrected chi connectivity index (χ4v) is 2.50. The van der Waals surface area contributed by atoms with E-state index in [0.717, 1.165) is 24.5 Å². The van der Waals surface area contributed by atoms with E-state index in [-0.39, 0.29) is 0 Å². The Labute approximate surface area is 126 Å². The third-order valence-corrected chi connectivity index (χ3v) is 3.91. The molecule has 0 aliphatic rings. The van der Waals surface area contributed by atoms with Gasteiger partial charge in [-0.25, -0.2) is 4.98 Å². The lowest BCUT2D eigenvalue weighted by Crippen LogP contribution is -2.36.